The summed E-state index contributed by atoms with van der Waals surface area (Å²) in [5.74, 6) is -1.97. The first-order valence-electron chi connectivity index (χ1n) is 9.35. The highest BCUT2D eigenvalue weighted by molar-refractivity contribution is 6.42. The maximum Gasteiger partial charge on any atom is 0.337 e. The van der Waals surface area contributed by atoms with Gasteiger partial charge in [0.2, 0.25) is 5.91 Å². The summed E-state index contributed by atoms with van der Waals surface area (Å²) >= 11 is 18.6. The number of amides is 1. The van der Waals surface area contributed by atoms with Crippen LogP contribution in [-0.4, -0.2) is 22.8 Å². The zero-order valence-corrected chi connectivity index (χ0v) is 17.9. The first-order chi connectivity index (χ1) is 14.3. The number of carbonyl (C=O) groups is 3. The Hall–Kier alpha value is -2.34. The Kier molecular flexibility index (Phi) is 5.62. The van der Waals surface area contributed by atoms with Gasteiger partial charge in [-0.3, -0.25) is 14.5 Å². The van der Waals surface area contributed by atoms with Gasteiger partial charge in [0.05, 0.1) is 20.6 Å². The number of allylic oxidation sites excluding steroid dienone is 2. The number of Topliss-reactive ketones (excluding diaryl/α,β-unsaturated/α-hetero) is 1. The Bertz CT molecular complexity index is 1130. The number of carbonyl (C=O) groups excluding carboxylic acids is 2. The lowest BCUT2D eigenvalue weighted by Crippen LogP contribution is -2.40. The van der Waals surface area contributed by atoms with E-state index >= 15 is 0 Å². The van der Waals surface area contributed by atoms with Crippen LogP contribution in [0.25, 0.3) is 0 Å². The second-order valence-corrected chi connectivity index (χ2v) is 8.43. The minimum Gasteiger partial charge on any atom is -0.478 e. The van der Waals surface area contributed by atoms with Crippen molar-refractivity contribution in [2.75, 3.05) is 4.90 Å². The normalized spacial score (nSPS) is 19.2. The van der Waals surface area contributed by atoms with Crippen molar-refractivity contribution in [1.29, 1.82) is 0 Å². The van der Waals surface area contributed by atoms with E-state index in [0.29, 0.717) is 51.8 Å². The lowest BCUT2D eigenvalue weighted by molar-refractivity contribution is -0.119. The number of halogens is 3. The van der Waals surface area contributed by atoms with E-state index in [2.05, 4.69) is 0 Å². The largest absolute Gasteiger partial charge is 0.478 e. The summed E-state index contributed by atoms with van der Waals surface area (Å²) < 4.78 is 0. The molecule has 30 heavy (non-hydrogen) atoms. The first kappa shape index (κ1) is 20.9. The molecule has 154 valence electrons. The summed E-state index contributed by atoms with van der Waals surface area (Å²) in [6.45, 7) is 0. The number of aromatic carboxylic acids is 1. The molecule has 0 saturated heterocycles. The van der Waals surface area contributed by atoms with E-state index in [1.807, 2.05) is 0 Å². The molecule has 1 N–H and O–H groups in total. The SMILES string of the molecule is O=C1CCCC2=C1C(c1cccc(Cl)c1Cl)CC(=O)N2c1ccc(Cl)c(C(=O)O)c1. The molecule has 1 aliphatic heterocycles. The number of ketones is 1. The number of hydrogen-bond acceptors (Lipinski definition) is 3. The second kappa shape index (κ2) is 8.06. The van der Waals surface area contributed by atoms with Crippen LogP contribution in [0.15, 0.2) is 47.7 Å². The maximum absolute atomic E-state index is 13.2. The highest BCUT2D eigenvalue weighted by Gasteiger charge is 2.40. The van der Waals surface area contributed by atoms with Gasteiger partial charge in [-0.05, 0) is 42.7 Å². The summed E-state index contributed by atoms with van der Waals surface area (Å²) in [4.78, 5) is 39.1. The summed E-state index contributed by atoms with van der Waals surface area (Å²) in [7, 11) is 0. The van der Waals surface area contributed by atoms with Gasteiger partial charge in [-0.1, -0.05) is 46.9 Å². The predicted octanol–water partition coefficient (Wildman–Crippen LogP) is 5.87. The lowest BCUT2D eigenvalue weighted by atomic mass is 9.77. The van der Waals surface area contributed by atoms with Crippen LogP contribution in [0.1, 0.15) is 47.5 Å². The van der Waals surface area contributed by atoms with Gasteiger partial charge in [-0.15, -0.1) is 0 Å². The zero-order chi connectivity index (χ0) is 21.6. The van der Waals surface area contributed by atoms with Crippen molar-refractivity contribution in [3.05, 3.63) is 73.9 Å². The van der Waals surface area contributed by atoms with E-state index in [4.69, 9.17) is 34.8 Å². The van der Waals surface area contributed by atoms with Gasteiger partial charge >= 0.3 is 5.97 Å². The number of carboxylic acid groups (broad SMARTS) is 1. The number of rotatable bonds is 3. The van der Waals surface area contributed by atoms with E-state index in [0.717, 1.165) is 0 Å². The number of nitrogens with zero attached hydrogens (tertiary/aromatic N) is 1. The quantitative estimate of drug-likeness (QED) is 0.616. The Morgan fingerprint density at radius 2 is 1.80 bits per heavy atom. The fourth-order valence-electron chi connectivity index (χ4n) is 4.16. The molecule has 0 radical (unpaired) electrons. The van der Waals surface area contributed by atoms with Gasteiger partial charge in [0, 0.05) is 35.7 Å². The molecule has 1 heterocycles. The Labute approximate surface area is 187 Å². The van der Waals surface area contributed by atoms with E-state index in [1.54, 1.807) is 24.3 Å². The molecule has 5 nitrogen and oxygen atoms in total. The molecule has 8 heteroatoms. The van der Waals surface area contributed by atoms with Gasteiger partial charge in [0.15, 0.2) is 5.78 Å². The predicted molar refractivity (Wildman–Crippen MR) is 116 cm³/mol. The van der Waals surface area contributed by atoms with E-state index < -0.39 is 11.9 Å². The van der Waals surface area contributed by atoms with Crippen LogP contribution in [0.2, 0.25) is 15.1 Å². The third-order valence-corrected chi connectivity index (χ3v) is 6.63. The Morgan fingerprint density at radius 3 is 2.53 bits per heavy atom. The van der Waals surface area contributed by atoms with Crippen LogP contribution in [0.5, 0.6) is 0 Å². The van der Waals surface area contributed by atoms with Crippen LogP contribution in [0, 0.1) is 0 Å². The van der Waals surface area contributed by atoms with Crippen molar-refractivity contribution in [2.24, 2.45) is 0 Å². The van der Waals surface area contributed by atoms with Gasteiger partial charge in [0.25, 0.3) is 0 Å². The molecule has 2 aromatic carbocycles. The number of benzene rings is 2. The zero-order valence-electron chi connectivity index (χ0n) is 15.6. The third-order valence-electron chi connectivity index (χ3n) is 5.47. The van der Waals surface area contributed by atoms with Crippen LogP contribution in [0.3, 0.4) is 0 Å². The number of hydrogen-bond donors (Lipinski definition) is 1. The highest BCUT2D eigenvalue weighted by atomic mass is 35.5. The molecule has 4 rings (SSSR count). The van der Waals surface area contributed by atoms with E-state index in [-0.39, 0.29) is 28.7 Å². The molecule has 0 saturated carbocycles. The highest BCUT2D eigenvalue weighted by Crippen LogP contribution is 2.46. The summed E-state index contributed by atoms with van der Waals surface area (Å²) in [6.07, 6.45) is 1.54. The molecule has 1 atom stereocenters. The topological polar surface area (TPSA) is 74.7 Å². The van der Waals surface area contributed by atoms with Crippen molar-refractivity contribution in [1.82, 2.24) is 0 Å². The molecular weight excluding hydrogens is 449 g/mol. The average Bonchev–Trinajstić information content (AvgIpc) is 2.70. The van der Waals surface area contributed by atoms with E-state index in [9.17, 15) is 19.5 Å². The minimum absolute atomic E-state index is 0.0235. The molecule has 1 amide bonds. The van der Waals surface area contributed by atoms with Crippen molar-refractivity contribution in [2.45, 2.75) is 31.6 Å². The molecule has 0 spiro atoms. The maximum atomic E-state index is 13.2. The van der Waals surface area contributed by atoms with Crippen LogP contribution < -0.4 is 4.90 Å². The third kappa shape index (κ3) is 3.51. The van der Waals surface area contributed by atoms with Gasteiger partial charge in [-0.2, -0.15) is 0 Å². The first-order valence-corrected chi connectivity index (χ1v) is 10.5. The summed E-state index contributed by atoms with van der Waals surface area (Å²) in [5.41, 5.74) is 2.03. The molecule has 2 aromatic rings. The van der Waals surface area contributed by atoms with Crippen LogP contribution in [-0.2, 0) is 9.59 Å². The van der Waals surface area contributed by atoms with Gasteiger partial charge in [0.1, 0.15) is 0 Å². The standard InChI is InChI=1S/C22H16Cl3NO4/c23-15-8-7-11(9-14(15)22(29)30)26-17-5-2-6-18(27)20(17)13(10-19(26)28)12-3-1-4-16(24)21(12)25/h1,3-4,7-9,13H,2,5-6,10H2,(H,29,30). The Morgan fingerprint density at radius 1 is 1.03 bits per heavy atom. The van der Waals surface area contributed by atoms with Crippen molar-refractivity contribution < 1.29 is 19.5 Å². The van der Waals surface area contributed by atoms with Crippen molar-refractivity contribution in [3.8, 4) is 0 Å². The van der Waals surface area contributed by atoms with Gasteiger partial charge in [-0.25, -0.2) is 4.79 Å². The number of anilines is 1. The monoisotopic (exact) mass is 463 g/mol. The molecule has 1 unspecified atom stereocenters. The number of carboxylic acids is 1. The molecule has 2 aliphatic rings. The lowest BCUT2D eigenvalue weighted by Gasteiger charge is -2.38. The fourth-order valence-corrected chi connectivity index (χ4v) is 4.80. The van der Waals surface area contributed by atoms with Crippen LogP contribution in [0.4, 0.5) is 5.69 Å². The minimum atomic E-state index is -1.19. The summed E-state index contributed by atoms with van der Waals surface area (Å²) in [5, 5.41) is 10.2. The van der Waals surface area contributed by atoms with Crippen molar-refractivity contribution >= 4 is 58.1 Å². The Balaban J connectivity index is 1.89. The molecular formula is C22H16Cl3NO4. The molecule has 1 aliphatic carbocycles. The summed E-state index contributed by atoms with van der Waals surface area (Å²) in [6, 6.07) is 9.56. The van der Waals surface area contributed by atoms with Crippen LogP contribution >= 0.6 is 34.8 Å². The van der Waals surface area contributed by atoms with E-state index in [1.165, 1.54) is 17.0 Å². The van der Waals surface area contributed by atoms with Crippen molar-refractivity contribution in [3.63, 3.8) is 0 Å². The fraction of sp³-hybridized carbons (Fsp3) is 0.227. The van der Waals surface area contributed by atoms with Gasteiger partial charge < -0.3 is 5.11 Å². The molecule has 0 fully saturated rings. The average molecular weight is 465 g/mol. The smallest absolute Gasteiger partial charge is 0.337 e. The molecule has 0 aromatic heterocycles. The second-order valence-electron chi connectivity index (χ2n) is 7.24. The molecule has 0 bridgehead atoms.